The van der Waals surface area contributed by atoms with E-state index in [4.69, 9.17) is 11.6 Å². The van der Waals surface area contributed by atoms with Gasteiger partial charge in [0.1, 0.15) is 23.2 Å². The van der Waals surface area contributed by atoms with Crippen LogP contribution in [-0.2, 0) is 19.5 Å². The van der Waals surface area contributed by atoms with E-state index in [1.807, 2.05) is 12.3 Å². The van der Waals surface area contributed by atoms with E-state index in [2.05, 4.69) is 24.8 Å². The molecule has 3 aromatic rings. The Morgan fingerprint density at radius 2 is 2.08 bits per heavy atom. The largest absolute Gasteiger partial charge is 0.335 e. The van der Waals surface area contributed by atoms with Gasteiger partial charge in [0.2, 0.25) is 0 Å². The van der Waals surface area contributed by atoms with Crippen molar-refractivity contribution in [3.05, 3.63) is 59.2 Å². The highest BCUT2D eigenvalue weighted by Gasteiger charge is 2.23. The summed E-state index contributed by atoms with van der Waals surface area (Å²) >= 11 is 5.89. The summed E-state index contributed by atoms with van der Waals surface area (Å²) in [6.07, 6.45) is 4.27. The molecule has 0 atom stereocenters. The summed E-state index contributed by atoms with van der Waals surface area (Å²) in [5, 5.41) is 13.1. The van der Waals surface area contributed by atoms with Crippen LogP contribution in [0.2, 0.25) is 5.15 Å². The maximum Gasteiger partial charge on any atom is 0.272 e. The molecule has 0 saturated heterocycles. The van der Waals surface area contributed by atoms with Gasteiger partial charge >= 0.3 is 0 Å². The zero-order chi connectivity index (χ0) is 17.2. The number of nitrogens with zero attached hydrogens (tertiary/aromatic N) is 7. The molecule has 8 nitrogen and oxygen atoms in total. The van der Waals surface area contributed by atoms with Crippen molar-refractivity contribution in [1.29, 1.82) is 0 Å². The first kappa shape index (κ1) is 15.8. The second kappa shape index (κ2) is 6.64. The van der Waals surface area contributed by atoms with Gasteiger partial charge in [-0.25, -0.2) is 4.98 Å². The maximum atomic E-state index is 12.7. The first-order valence-corrected chi connectivity index (χ1v) is 8.39. The average Bonchev–Trinajstić information content (AvgIpc) is 3.20. The van der Waals surface area contributed by atoms with E-state index in [9.17, 15) is 4.79 Å². The molecule has 25 heavy (non-hydrogen) atoms. The zero-order valence-corrected chi connectivity index (χ0v) is 14.2. The van der Waals surface area contributed by atoms with Crippen LogP contribution in [0.4, 0.5) is 0 Å². The van der Waals surface area contributed by atoms with E-state index < -0.39 is 0 Å². The molecule has 1 amide bonds. The van der Waals surface area contributed by atoms with Crippen molar-refractivity contribution in [1.82, 2.24) is 34.4 Å². The Morgan fingerprint density at radius 3 is 2.88 bits per heavy atom. The third kappa shape index (κ3) is 3.25. The van der Waals surface area contributed by atoms with Gasteiger partial charge in [-0.05, 0) is 18.2 Å². The van der Waals surface area contributed by atoms with Gasteiger partial charge < -0.3 is 9.47 Å². The maximum absolute atomic E-state index is 12.7. The van der Waals surface area contributed by atoms with Crippen molar-refractivity contribution in [3.63, 3.8) is 0 Å². The Hall–Kier alpha value is -2.74. The molecule has 0 aromatic carbocycles. The van der Waals surface area contributed by atoms with E-state index in [-0.39, 0.29) is 5.91 Å². The van der Waals surface area contributed by atoms with Crippen molar-refractivity contribution in [2.24, 2.45) is 0 Å². The summed E-state index contributed by atoms with van der Waals surface area (Å²) < 4.78 is 3.88. The molecule has 0 fully saturated rings. The molecular formula is C16H16ClN7O. The van der Waals surface area contributed by atoms with Crippen LogP contribution in [0.1, 0.15) is 22.1 Å². The molecule has 3 aromatic heterocycles. The lowest BCUT2D eigenvalue weighted by atomic mass is 10.3. The van der Waals surface area contributed by atoms with Crippen LogP contribution in [0.3, 0.4) is 0 Å². The summed E-state index contributed by atoms with van der Waals surface area (Å²) in [4.78, 5) is 18.6. The van der Waals surface area contributed by atoms with E-state index in [1.165, 1.54) is 0 Å². The average molecular weight is 358 g/mol. The third-order valence-corrected chi connectivity index (χ3v) is 4.40. The van der Waals surface area contributed by atoms with E-state index in [0.29, 0.717) is 43.4 Å². The molecule has 0 saturated carbocycles. The fourth-order valence-corrected chi connectivity index (χ4v) is 3.10. The lowest BCUT2D eigenvalue weighted by Crippen LogP contribution is -2.34. The quantitative estimate of drug-likeness (QED) is 0.659. The van der Waals surface area contributed by atoms with Gasteiger partial charge in [0.25, 0.3) is 5.91 Å². The minimum Gasteiger partial charge on any atom is -0.335 e. The molecule has 0 N–H and O–H groups in total. The second-order valence-corrected chi connectivity index (χ2v) is 6.16. The molecule has 0 radical (unpaired) electrons. The number of amides is 1. The van der Waals surface area contributed by atoms with Crippen LogP contribution in [0.15, 0.2) is 36.7 Å². The molecular weight excluding hydrogens is 342 g/mol. The number of aromatic nitrogens is 6. The van der Waals surface area contributed by atoms with E-state index >= 15 is 0 Å². The van der Waals surface area contributed by atoms with Crippen LogP contribution in [0, 0.1) is 0 Å². The van der Waals surface area contributed by atoms with Crippen molar-refractivity contribution in [2.45, 2.75) is 19.5 Å². The Labute approximate surface area is 149 Å². The molecule has 4 rings (SSSR count). The molecule has 128 valence electrons. The summed E-state index contributed by atoms with van der Waals surface area (Å²) in [7, 11) is 0. The highest BCUT2D eigenvalue weighted by Crippen LogP contribution is 2.13. The molecule has 0 aliphatic carbocycles. The fraction of sp³-hybridized carbons (Fsp3) is 0.312. The lowest BCUT2D eigenvalue weighted by molar-refractivity contribution is 0.0753. The van der Waals surface area contributed by atoms with Gasteiger partial charge in [0.15, 0.2) is 5.82 Å². The van der Waals surface area contributed by atoms with Crippen LogP contribution in [0.25, 0.3) is 0 Å². The first-order valence-electron chi connectivity index (χ1n) is 8.01. The molecule has 4 heterocycles. The number of halogens is 1. The van der Waals surface area contributed by atoms with Gasteiger partial charge in [-0.2, -0.15) is 5.10 Å². The highest BCUT2D eigenvalue weighted by atomic mass is 35.5. The third-order valence-electron chi connectivity index (χ3n) is 4.19. The van der Waals surface area contributed by atoms with Crippen LogP contribution in [-0.4, -0.2) is 53.4 Å². The van der Waals surface area contributed by atoms with Crippen LogP contribution < -0.4 is 0 Å². The predicted molar refractivity (Wildman–Crippen MR) is 90.2 cm³/mol. The topological polar surface area (TPSA) is 81.7 Å². The minimum absolute atomic E-state index is 0.116. The fourth-order valence-electron chi connectivity index (χ4n) is 2.93. The Bertz CT molecular complexity index is 890. The molecule has 1 aliphatic rings. The zero-order valence-electron chi connectivity index (χ0n) is 13.4. The number of hydrogen-bond donors (Lipinski definition) is 0. The molecule has 9 heteroatoms. The van der Waals surface area contributed by atoms with Gasteiger partial charge in [0, 0.05) is 38.4 Å². The van der Waals surface area contributed by atoms with Crippen molar-refractivity contribution in [2.75, 3.05) is 13.1 Å². The van der Waals surface area contributed by atoms with Crippen molar-refractivity contribution in [3.8, 4) is 0 Å². The monoisotopic (exact) mass is 357 g/mol. The van der Waals surface area contributed by atoms with Gasteiger partial charge in [-0.15, -0.1) is 10.2 Å². The number of hydrogen-bond acceptors (Lipinski definition) is 5. The Kier molecular flexibility index (Phi) is 4.19. The standard InChI is InChI=1S/C16H16ClN7O/c17-13-4-1-3-12(19-13)16(25)22-8-5-14-20-21-15(24(14)10-9-22)11-23-7-2-6-18-23/h1-4,6-7H,5,8-11H2. The number of pyridine rings is 1. The van der Waals surface area contributed by atoms with Crippen LogP contribution in [0.5, 0.6) is 0 Å². The number of fused-ring (bicyclic) bond motifs is 1. The van der Waals surface area contributed by atoms with E-state index in [0.717, 1.165) is 11.6 Å². The number of rotatable bonds is 3. The minimum atomic E-state index is -0.116. The van der Waals surface area contributed by atoms with E-state index in [1.54, 1.807) is 34.0 Å². The van der Waals surface area contributed by atoms with Crippen molar-refractivity contribution >= 4 is 17.5 Å². The van der Waals surface area contributed by atoms with Crippen molar-refractivity contribution < 1.29 is 4.79 Å². The molecule has 0 bridgehead atoms. The van der Waals surface area contributed by atoms with Crippen LogP contribution >= 0.6 is 11.6 Å². The lowest BCUT2D eigenvalue weighted by Gasteiger charge is -2.19. The van der Waals surface area contributed by atoms with Gasteiger partial charge in [0.05, 0.1) is 0 Å². The summed E-state index contributed by atoms with van der Waals surface area (Å²) in [5.41, 5.74) is 0.363. The molecule has 0 unspecified atom stereocenters. The molecule has 0 spiro atoms. The summed E-state index contributed by atoms with van der Waals surface area (Å²) in [6, 6.07) is 6.95. The number of carbonyl (C=O) groups excluding carboxylic acids is 1. The summed E-state index contributed by atoms with van der Waals surface area (Å²) in [6.45, 7) is 2.35. The Balaban J connectivity index is 1.50. The summed E-state index contributed by atoms with van der Waals surface area (Å²) in [5.74, 6) is 1.61. The second-order valence-electron chi connectivity index (χ2n) is 5.78. The van der Waals surface area contributed by atoms with Gasteiger partial charge in [-0.1, -0.05) is 17.7 Å². The SMILES string of the molecule is O=C(c1cccc(Cl)n1)N1CCc2nnc(Cn3cccn3)n2CC1. The van der Waals surface area contributed by atoms with Gasteiger partial charge in [-0.3, -0.25) is 9.48 Å². The Morgan fingerprint density at radius 1 is 1.16 bits per heavy atom. The molecule has 1 aliphatic heterocycles. The predicted octanol–water partition coefficient (Wildman–Crippen LogP) is 1.27. The smallest absolute Gasteiger partial charge is 0.272 e. The normalized spacial score (nSPS) is 14.2. The first-order chi connectivity index (χ1) is 12.2. The number of carbonyl (C=O) groups is 1. The highest BCUT2D eigenvalue weighted by molar-refractivity contribution is 6.29.